The second-order valence-corrected chi connectivity index (χ2v) is 9.11. The zero-order chi connectivity index (χ0) is 24.2. The number of rotatable bonds is 8. The molecule has 1 saturated carbocycles. The lowest BCUT2D eigenvalue weighted by atomic mass is 10.1. The Hall–Kier alpha value is -3.55. The van der Waals surface area contributed by atoms with E-state index in [1.54, 1.807) is 29.4 Å². The van der Waals surface area contributed by atoms with E-state index in [-0.39, 0.29) is 0 Å². The summed E-state index contributed by atoms with van der Waals surface area (Å²) in [6.45, 7) is 12.3. The quantitative estimate of drug-likeness (QED) is 0.341. The molecule has 0 saturated heterocycles. The van der Waals surface area contributed by atoms with Gasteiger partial charge in [0.25, 0.3) is 0 Å². The Morgan fingerprint density at radius 1 is 1.26 bits per heavy atom. The van der Waals surface area contributed by atoms with Gasteiger partial charge in [0.1, 0.15) is 16.9 Å². The maximum atomic E-state index is 6.22. The molecule has 3 aromatic rings. The second-order valence-electron chi connectivity index (χ2n) is 9.11. The SMILES string of the molecule is C=C/C(=C\N=C(/C)C(C)C)n1cc(-c2cnc(N)c3nc(CC)c(NC4CCCC4)nc23)cn1. The molecule has 4 rings (SSSR count). The van der Waals surface area contributed by atoms with Gasteiger partial charge in [0, 0.05) is 35.3 Å². The third kappa shape index (κ3) is 4.85. The molecule has 0 amide bonds. The van der Waals surface area contributed by atoms with E-state index in [2.05, 4.69) is 47.7 Å². The molecular formula is C26H34N8. The van der Waals surface area contributed by atoms with E-state index in [0.717, 1.165) is 58.8 Å². The van der Waals surface area contributed by atoms with E-state index in [9.17, 15) is 0 Å². The minimum Gasteiger partial charge on any atom is -0.382 e. The molecular weight excluding hydrogens is 424 g/mol. The van der Waals surface area contributed by atoms with Gasteiger partial charge in [-0.1, -0.05) is 40.2 Å². The molecule has 0 aromatic carbocycles. The summed E-state index contributed by atoms with van der Waals surface area (Å²) >= 11 is 0. The first-order valence-corrected chi connectivity index (χ1v) is 12.0. The van der Waals surface area contributed by atoms with Crippen molar-refractivity contribution in [1.29, 1.82) is 0 Å². The maximum Gasteiger partial charge on any atom is 0.151 e. The normalized spacial score (nSPS) is 15.4. The highest BCUT2D eigenvalue weighted by Gasteiger charge is 2.20. The summed E-state index contributed by atoms with van der Waals surface area (Å²) in [5.41, 5.74) is 12.0. The minimum atomic E-state index is 0.376. The molecule has 0 atom stereocenters. The van der Waals surface area contributed by atoms with Crippen LogP contribution >= 0.6 is 0 Å². The van der Waals surface area contributed by atoms with Gasteiger partial charge in [-0.3, -0.25) is 4.99 Å². The number of nitrogens with zero attached hydrogens (tertiary/aromatic N) is 6. The Morgan fingerprint density at radius 2 is 2.03 bits per heavy atom. The lowest BCUT2D eigenvalue weighted by Crippen LogP contribution is -2.18. The molecule has 8 heteroatoms. The van der Waals surface area contributed by atoms with Gasteiger partial charge < -0.3 is 11.1 Å². The Morgan fingerprint density at radius 3 is 2.71 bits per heavy atom. The lowest BCUT2D eigenvalue weighted by molar-refractivity contribution is 0.747. The van der Waals surface area contributed by atoms with Crippen molar-refractivity contribution >= 4 is 34.1 Å². The number of aryl methyl sites for hydroxylation is 1. The Kier molecular flexibility index (Phi) is 7.05. The Labute approximate surface area is 201 Å². The van der Waals surface area contributed by atoms with Gasteiger partial charge >= 0.3 is 0 Å². The highest BCUT2D eigenvalue weighted by molar-refractivity contribution is 5.96. The number of anilines is 2. The van der Waals surface area contributed by atoms with Crippen LogP contribution < -0.4 is 11.1 Å². The van der Waals surface area contributed by atoms with Crippen LogP contribution in [0.15, 0.2) is 42.4 Å². The topological polar surface area (TPSA) is 107 Å². The van der Waals surface area contributed by atoms with E-state index < -0.39 is 0 Å². The maximum absolute atomic E-state index is 6.22. The highest BCUT2D eigenvalue weighted by Crippen LogP contribution is 2.32. The van der Waals surface area contributed by atoms with Gasteiger partial charge in [-0.25, -0.2) is 19.6 Å². The standard InChI is InChI=1S/C26H34N8/c1-6-20(13-28-17(5)16(3)4)34-15-18(12-30-34)21-14-29-25(27)24-23(21)33-26(22(7-2)32-24)31-19-10-8-9-11-19/h6,12-16,19H,1,7-11H2,2-5H3,(H2,27,29)(H,31,33)/b20-13+,28-17+. The molecule has 0 spiro atoms. The summed E-state index contributed by atoms with van der Waals surface area (Å²) < 4.78 is 1.76. The molecule has 3 N–H and O–H groups in total. The van der Waals surface area contributed by atoms with E-state index in [4.69, 9.17) is 15.7 Å². The fourth-order valence-corrected chi connectivity index (χ4v) is 4.06. The molecule has 1 fully saturated rings. The first kappa shape index (κ1) is 23.6. The van der Waals surface area contributed by atoms with Crippen molar-refractivity contribution in [3.05, 3.63) is 43.1 Å². The molecule has 0 bridgehead atoms. The van der Waals surface area contributed by atoms with Gasteiger partial charge in [0.05, 0.1) is 23.8 Å². The van der Waals surface area contributed by atoms with Crippen molar-refractivity contribution in [2.45, 2.75) is 65.8 Å². The summed E-state index contributed by atoms with van der Waals surface area (Å²) in [5.74, 6) is 1.60. The molecule has 178 valence electrons. The molecule has 0 aliphatic heterocycles. The third-order valence-electron chi connectivity index (χ3n) is 6.43. The predicted octanol–water partition coefficient (Wildman–Crippen LogP) is 5.49. The Bertz CT molecular complexity index is 1250. The third-order valence-corrected chi connectivity index (χ3v) is 6.43. The van der Waals surface area contributed by atoms with Crippen LogP contribution in [0.4, 0.5) is 11.6 Å². The van der Waals surface area contributed by atoms with Crippen molar-refractivity contribution in [3.8, 4) is 11.1 Å². The molecule has 0 unspecified atom stereocenters. The van der Waals surface area contributed by atoms with E-state index in [1.807, 2.05) is 13.1 Å². The highest BCUT2D eigenvalue weighted by atomic mass is 15.3. The number of aliphatic imine (C=N–C) groups is 1. The van der Waals surface area contributed by atoms with Crippen LogP contribution in [0.3, 0.4) is 0 Å². The predicted molar refractivity (Wildman–Crippen MR) is 141 cm³/mol. The number of nitrogens with two attached hydrogens (primary N) is 1. The van der Waals surface area contributed by atoms with Crippen LogP contribution in [0.25, 0.3) is 27.9 Å². The summed E-state index contributed by atoms with van der Waals surface area (Å²) in [5, 5.41) is 8.17. The minimum absolute atomic E-state index is 0.376. The largest absolute Gasteiger partial charge is 0.382 e. The van der Waals surface area contributed by atoms with Gasteiger partial charge in [0.15, 0.2) is 5.82 Å². The second kappa shape index (κ2) is 10.2. The van der Waals surface area contributed by atoms with Crippen molar-refractivity contribution in [3.63, 3.8) is 0 Å². The van der Waals surface area contributed by atoms with Crippen LogP contribution in [0.5, 0.6) is 0 Å². The average molecular weight is 459 g/mol. The number of pyridine rings is 1. The van der Waals surface area contributed by atoms with Crippen LogP contribution in [0.2, 0.25) is 0 Å². The molecule has 34 heavy (non-hydrogen) atoms. The summed E-state index contributed by atoms with van der Waals surface area (Å²) in [6, 6.07) is 0.442. The van der Waals surface area contributed by atoms with E-state index >= 15 is 0 Å². The molecule has 3 aromatic heterocycles. The van der Waals surface area contributed by atoms with Crippen molar-refractivity contribution < 1.29 is 0 Å². The number of nitrogens with one attached hydrogen (secondary N) is 1. The molecule has 8 nitrogen and oxygen atoms in total. The van der Waals surface area contributed by atoms with E-state index in [1.165, 1.54) is 12.8 Å². The molecule has 1 aliphatic rings. The monoisotopic (exact) mass is 458 g/mol. The summed E-state index contributed by atoms with van der Waals surface area (Å²) in [6.07, 6.45) is 14.6. The zero-order valence-electron chi connectivity index (χ0n) is 20.5. The van der Waals surface area contributed by atoms with Crippen molar-refractivity contribution in [2.24, 2.45) is 10.9 Å². The number of nitrogen functional groups attached to an aromatic ring is 1. The smallest absolute Gasteiger partial charge is 0.151 e. The van der Waals surface area contributed by atoms with E-state index in [0.29, 0.717) is 23.3 Å². The fraction of sp³-hybridized carbons (Fsp3) is 0.423. The van der Waals surface area contributed by atoms with Crippen molar-refractivity contribution in [2.75, 3.05) is 11.1 Å². The first-order chi connectivity index (χ1) is 16.4. The van der Waals surface area contributed by atoms with Gasteiger partial charge in [-0.2, -0.15) is 5.10 Å². The summed E-state index contributed by atoms with van der Waals surface area (Å²) in [7, 11) is 0. The number of hydrogen-bond acceptors (Lipinski definition) is 7. The number of fused-ring (bicyclic) bond motifs is 1. The number of hydrogen-bond donors (Lipinski definition) is 2. The van der Waals surface area contributed by atoms with Crippen LogP contribution in [-0.2, 0) is 6.42 Å². The number of aromatic nitrogens is 5. The fourth-order valence-electron chi connectivity index (χ4n) is 4.06. The van der Waals surface area contributed by atoms with Crippen LogP contribution in [-0.4, -0.2) is 36.5 Å². The number of allylic oxidation sites excluding steroid dienone is 2. The van der Waals surface area contributed by atoms with Gasteiger partial charge in [0.2, 0.25) is 0 Å². The van der Waals surface area contributed by atoms with Crippen LogP contribution in [0, 0.1) is 5.92 Å². The summed E-state index contributed by atoms with van der Waals surface area (Å²) in [4.78, 5) is 18.8. The van der Waals surface area contributed by atoms with Gasteiger partial charge in [-0.05, 0) is 38.2 Å². The van der Waals surface area contributed by atoms with Gasteiger partial charge in [-0.15, -0.1) is 0 Å². The van der Waals surface area contributed by atoms with Crippen LogP contribution in [0.1, 0.15) is 59.1 Å². The molecule has 0 radical (unpaired) electrons. The first-order valence-electron chi connectivity index (χ1n) is 12.0. The zero-order valence-corrected chi connectivity index (χ0v) is 20.5. The average Bonchev–Trinajstić information content (AvgIpc) is 3.52. The van der Waals surface area contributed by atoms with Crippen molar-refractivity contribution in [1.82, 2.24) is 24.7 Å². The Balaban J connectivity index is 1.76. The molecule has 3 heterocycles. The molecule has 1 aliphatic carbocycles. The lowest BCUT2D eigenvalue weighted by Gasteiger charge is -2.17.